The molecule has 1 aliphatic rings. The summed E-state index contributed by atoms with van der Waals surface area (Å²) in [5.41, 5.74) is 1.06. The second-order valence-corrected chi connectivity index (χ2v) is 4.88. The van der Waals surface area contributed by atoms with Crippen LogP contribution in [0.4, 0.5) is 0 Å². The lowest BCUT2D eigenvalue weighted by Crippen LogP contribution is -2.29. The summed E-state index contributed by atoms with van der Waals surface area (Å²) in [6.07, 6.45) is 8.36. The van der Waals surface area contributed by atoms with Crippen LogP contribution in [0.2, 0.25) is 0 Å². The molecule has 82 valence electrons. The molecule has 5 heteroatoms. The van der Waals surface area contributed by atoms with Gasteiger partial charge in [0.1, 0.15) is 5.52 Å². The zero-order valence-corrected chi connectivity index (χ0v) is 10.1. The van der Waals surface area contributed by atoms with Gasteiger partial charge in [-0.1, -0.05) is 0 Å². The maximum atomic E-state index is 12.2. The molecule has 0 N–H and O–H groups in total. The van der Waals surface area contributed by atoms with Crippen molar-refractivity contribution in [1.82, 2.24) is 14.5 Å². The second-order valence-electron chi connectivity index (χ2n) is 4.03. The fraction of sp³-hybridized carbons (Fsp3) is 0.364. The minimum atomic E-state index is -0.0315. The average molecular weight is 280 g/mol. The van der Waals surface area contributed by atoms with Gasteiger partial charge in [0.15, 0.2) is 5.52 Å². The van der Waals surface area contributed by atoms with Gasteiger partial charge in [0, 0.05) is 24.6 Å². The molecule has 1 saturated carbocycles. The van der Waals surface area contributed by atoms with Gasteiger partial charge in [-0.15, -0.1) is 0 Å². The van der Waals surface area contributed by atoms with Crippen molar-refractivity contribution in [1.29, 1.82) is 0 Å². The highest BCUT2D eigenvalue weighted by molar-refractivity contribution is 9.10. The van der Waals surface area contributed by atoms with Crippen LogP contribution < -0.4 is 5.56 Å². The number of hydrogen-bond acceptors (Lipinski definition) is 3. The fourth-order valence-corrected chi connectivity index (χ4v) is 2.48. The molecule has 0 radical (unpaired) electrons. The van der Waals surface area contributed by atoms with Crippen molar-refractivity contribution in [3.63, 3.8) is 0 Å². The van der Waals surface area contributed by atoms with Crippen LogP contribution in [0.1, 0.15) is 25.3 Å². The van der Waals surface area contributed by atoms with Crippen molar-refractivity contribution in [3.05, 3.63) is 33.4 Å². The molecule has 2 aromatic rings. The number of aromatic nitrogens is 3. The van der Waals surface area contributed by atoms with Gasteiger partial charge in [0.05, 0.1) is 4.47 Å². The molecule has 0 bridgehead atoms. The molecular formula is C11H10BrN3O. The Kier molecular flexibility index (Phi) is 2.28. The molecule has 0 amide bonds. The largest absolute Gasteiger partial charge is 0.309 e. The number of fused-ring (bicyclic) bond motifs is 1. The summed E-state index contributed by atoms with van der Waals surface area (Å²) in [5, 5.41) is 0. The lowest BCUT2D eigenvalue weighted by molar-refractivity contribution is 0.307. The van der Waals surface area contributed by atoms with Gasteiger partial charge in [0.2, 0.25) is 0 Å². The summed E-state index contributed by atoms with van der Waals surface area (Å²) in [5.74, 6) is 0. The topological polar surface area (TPSA) is 47.8 Å². The smallest absolute Gasteiger partial charge is 0.278 e. The predicted octanol–water partition coefficient (Wildman–Crippen LogP) is 2.28. The summed E-state index contributed by atoms with van der Waals surface area (Å²) in [6.45, 7) is 0. The Bertz CT molecular complexity index is 604. The number of halogens is 1. The Labute approximate surface area is 100 Å². The SMILES string of the molecule is O=c1c2nccnc2c(Br)cn1C1CCC1. The van der Waals surface area contributed by atoms with Crippen molar-refractivity contribution in [2.45, 2.75) is 25.3 Å². The molecule has 0 aromatic carbocycles. The molecule has 2 heterocycles. The van der Waals surface area contributed by atoms with E-state index in [9.17, 15) is 4.79 Å². The fourth-order valence-electron chi connectivity index (χ4n) is 1.97. The average Bonchev–Trinajstić information content (AvgIpc) is 2.23. The lowest BCUT2D eigenvalue weighted by atomic mass is 9.93. The summed E-state index contributed by atoms with van der Waals surface area (Å²) in [4.78, 5) is 20.4. The third-order valence-corrected chi connectivity index (χ3v) is 3.66. The van der Waals surface area contributed by atoms with Crippen LogP contribution in [0.15, 0.2) is 27.9 Å². The van der Waals surface area contributed by atoms with E-state index >= 15 is 0 Å². The second kappa shape index (κ2) is 3.66. The van der Waals surface area contributed by atoms with E-state index in [1.54, 1.807) is 17.0 Å². The van der Waals surface area contributed by atoms with E-state index < -0.39 is 0 Å². The minimum Gasteiger partial charge on any atom is -0.309 e. The normalized spacial score (nSPS) is 16.3. The first-order valence-corrected chi connectivity index (χ1v) is 6.08. The molecule has 0 aliphatic heterocycles. The lowest BCUT2D eigenvalue weighted by Gasteiger charge is -2.27. The van der Waals surface area contributed by atoms with E-state index in [0.29, 0.717) is 17.1 Å². The number of rotatable bonds is 1. The van der Waals surface area contributed by atoms with Crippen molar-refractivity contribution in [3.8, 4) is 0 Å². The molecule has 1 aliphatic carbocycles. The predicted molar refractivity (Wildman–Crippen MR) is 64.4 cm³/mol. The molecule has 0 spiro atoms. The monoisotopic (exact) mass is 279 g/mol. The molecule has 0 saturated heterocycles. The molecule has 0 atom stereocenters. The maximum Gasteiger partial charge on any atom is 0.278 e. The summed E-state index contributed by atoms with van der Waals surface area (Å²) in [7, 11) is 0. The molecule has 3 rings (SSSR count). The van der Waals surface area contributed by atoms with Crippen molar-refractivity contribution >= 4 is 27.0 Å². The van der Waals surface area contributed by atoms with Crippen molar-refractivity contribution < 1.29 is 0 Å². The summed E-state index contributed by atoms with van der Waals surface area (Å²) >= 11 is 3.44. The van der Waals surface area contributed by atoms with Gasteiger partial charge in [-0.25, -0.2) is 4.98 Å². The molecule has 0 unspecified atom stereocenters. The molecule has 4 nitrogen and oxygen atoms in total. The van der Waals surface area contributed by atoms with Gasteiger partial charge in [-0.2, -0.15) is 0 Å². The van der Waals surface area contributed by atoms with E-state index in [2.05, 4.69) is 25.9 Å². The highest BCUT2D eigenvalue weighted by Crippen LogP contribution is 2.31. The third-order valence-electron chi connectivity index (χ3n) is 3.08. The highest BCUT2D eigenvalue weighted by Gasteiger charge is 2.22. The van der Waals surface area contributed by atoms with Crippen LogP contribution in [0.25, 0.3) is 11.0 Å². The number of hydrogen-bond donors (Lipinski definition) is 0. The maximum absolute atomic E-state index is 12.2. The first-order valence-electron chi connectivity index (χ1n) is 5.29. The van der Waals surface area contributed by atoms with Crippen molar-refractivity contribution in [2.24, 2.45) is 0 Å². The van der Waals surface area contributed by atoms with Crippen LogP contribution in [0, 0.1) is 0 Å². The van der Waals surface area contributed by atoms with Crippen molar-refractivity contribution in [2.75, 3.05) is 0 Å². The number of pyridine rings is 1. The van der Waals surface area contributed by atoms with Crippen LogP contribution in [0.3, 0.4) is 0 Å². The van der Waals surface area contributed by atoms with Gasteiger partial charge in [-0.3, -0.25) is 9.78 Å². The summed E-state index contributed by atoms with van der Waals surface area (Å²) in [6, 6.07) is 0.343. The Balaban J connectivity index is 2.31. The zero-order valence-electron chi connectivity index (χ0n) is 8.56. The minimum absolute atomic E-state index is 0.0315. The van der Waals surface area contributed by atoms with E-state index in [4.69, 9.17) is 0 Å². The van der Waals surface area contributed by atoms with Gasteiger partial charge >= 0.3 is 0 Å². The quantitative estimate of drug-likeness (QED) is 0.805. The highest BCUT2D eigenvalue weighted by atomic mass is 79.9. The number of nitrogens with zero attached hydrogens (tertiary/aromatic N) is 3. The molecular weight excluding hydrogens is 270 g/mol. The van der Waals surface area contributed by atoms with Crippen LogP contribution in [0.5, 0.6) is 0 Å². The summed E-state index contributed by atoms with van der Waals surface area (Å²) < 4.78 is 2.62. The van der Waals surface area contributed by atoms with Crippen LogP contribution in [-0.2, 0) is 0 Å². The molecule has 16 heavy (non-hydrogen) atoms. The van der Waals surface area contributed by atoms with Crippen LogP contribution in [-0.4, -0.2) is 14.5 Å². The third kappa shape index (κ3) is 1.38. The molecule has 1 fully saturated rings. The Morgan fingerprint density at radius 1 is 1.25 bits per heavy atom. The standard InChI is InChI=1S/C11H10BrN3O/c12-8-6-15(7-2-1-3-7)11(16)10-9(8)13-4-5-14-10/h4-7H,1-3H2. The van der Waals surface area contributed by atoms with E-state index in [1.165, 1.54) is 6.42 Å². The van der Waals surface area contributed by atoms with Crippen LogP contribution >= 0.6 is 15.9 Å². The Hall–Kier alpha value is -1.23. The Morgan fingerprint density at radius 2 is 1.94 bits per heavy atom. The van der Waals surface area contributed by atoms with E-state index in [-0.39, 0.29) is 5.56 Å². The van der Waals surface area contributed by atoms with E-state index in [0.717, 1.165) is 17.3 Å². The molecule has 2 aromatic heterocycles. The van der Waals surface area contributed by atoms with Gasteiger partial charge in [0.25, 0.3) is 5.56 Å². The first-order chi connectivity index (χ1) is 7.77. The van der Waals surface area contributed by atoms with Gasteiger partial charge in [-0.05, 0) is 35.2 Å². The first kappa shape index (κ1) is 9.96. The zero-order chi connectivity index (χ0) is 11.1. The Morgan fingerprint density at radius 3 is 2.56 bits per heavy atom. The van der Waals surface area contributed by atoms with E-state index in [1.807, 2.05) is 6.20 Å². The van der Waals surface area contributed by atoms with Gasteiger partial charge < -0.3 is 4.57 Å².